The Kier molecular flexibility index (Phi) is 10.2. The Bertz CT molecular complexity index is 696. The number of nitrogens with zero attached hydrogens (tertiary/aromatic N) is 1. The van der Waals surface area contributed by atoms with E-state index in [1.807, 2.05) is 30.3 Å². The summed E-state index contributed by atoms with van der Waals surface area (Å²) in [5.41, 5.74) is 1.07. The summed E-state index contributed by atoms with van der Waals surface area (Å²) in [5, 5.41) is 0. The quantitative estimate of drug-likeness (QED) is 0.290. The molecule has 180 valence electrons. The zero-order chi connectivity index (χ0) is 23.6. The number of carbonyl (C=O) groups is 2. The van der Waals surface area contributed by atoms with Crippen molar-refractivity contribution in [3.8, 4) is 0 Å². The van der Waals surface area contributed by atoms with Gasteiger partial charge in [0.05, 0.1) is 0 Å². The van der Waals surface area contributed by atoms with Gasteiger partial charge in [-0.2, -0.15) is 0 Å². The molecule has 1 fully saturated rings. The number of likely N-dealkylation sites (tertiary alicyclic amines) is 1. The molecule has 5 heteroatoms. The summed E-state index contributed by atoms with van der Waals surface area (Å²) in [4.78, 5) is 26.5. The molecule has 0 unspecified atom stereocenters. The second-order valence-electron chi connectivity index (χ2n) is 10.5. The van der Waals surface area contributed by atoms with Gasteiger partial charge >= 0.3 is 11.9 Å². The number of hydrogen-bond acceptors (Lipinski definition) is 5. The predicted molar refractivity (Wildman–Crippen MR) is 128 cm³/mol. The Balaban J connectivity index is 1.48. The Labute approximate surface area is 194 Å². The second-order valence-corrected chi connectivity index (χ2v) is 10.5. The van der Waals surface area contributed by atoms with E-state index >= 15 is 0 Å². The van der Waals surface area contributed by atoms with E-state index in [1.165, 1.54) is 0 Å². The average molecular weight is 446 g/mol. The predicted octanol–water partition coefficient (Wildman–Crippen LogP) is 6.05. The van der Waals surface area contributed by atoms with Crippen LogP contribution in [-0.4, -0.2) is 41.1 Å². The van der Waals surface area contributed by atoms with Crippen LogP contribution in [0.2, 0.25) is 0 Å². The zero-order valence-corrected chi connectivity index (χ0v) is 20.8. The minimum atomic E-state index is -0.128. The van der Waals surface area contributed by atoms with Gasteiger partial charge in [0.2, 0.25) is 0 Å². The molecule has 0 amide bonds. The Morgan fingerprint density at radius 1 is 0.844 bits per heavy atom. The average Bonchev–Trinajstić information content (AvgIpc) is 2.72. The third-order valence-electron chi connectivity index (χ3n) is 6.82. The molecule has 1 heterocycles. The van der Waals surface area contributed by atoms with Crippen LogP contribution in [-0.2, 0) is 25.7 Å². The summed E-state index contributed by atoms with van der Waals surface area (Å²) in [6.07, 6.45) is 8.68. The van der Waals surface area contributed by atoms with Gasteiger partial charge in [0.25, 0.3) is 0 Å². The molecular formula is C27H43NO4. The minimum Gasteiger partial charge on any atom is -0.462 e. The Hall–Kier alpha value is -1.88. The van der Waals surface area contributed by atoms with E-state index in [-0.39, 0.29) is 29.1 Å². The lowest BCUT2D eigenvalue weighted by Gasteiger charge is -2.53. The summed E-state index contributed by atoms with van der Waals surface area (Å²) >= 11 is 0. The molecule has 0 atom stereocenters. The lowest BCUT2D eigenvalue weighted by molar-refractivity contribution is -0.159. The van der Waals surface area contributed by atoms with Crippen LogP contribution in [0.15, 0.2) is 30.3 Å². The molecule has 1 saturated heterocycles. The van der Waals surface area contributed by atoms with Gasteiger partial charge in [-0.3, -0.25) is 14.5 Å². The second kappa shape index (κ2) is 12.4. The highest BCUT2D eigenvalue weighted by Crippen LogP contribution is 2.38. The molecule has 32 heavy (non-hydrogen) atoms. The highest BCUT2D eigenvalue weighted by Gasteiger charge is 2.44. The molecular weight excluding hydrogens is 402 g/mol. The Morgan fingerprint density at radius 3 is 1.91 bits per heavy atom. The van der Waals surface area contributed by atoms with Crippen LogP contribution < -0.4 is 0 Å². The van der Waals surface area contributed by atoms with Gasteiger partial charge in [-0.05, 0) is 53.1 Å². The standard InChI is InChI=1S/C27H43NO4/c1-26(2)19-23(20-27(3,4)28(26)5)32-25(30)18-14-9-7-6-8-13-17-24(29)31-21-22-15-11-10-12-16-22/h10-12,15-16,23H,6-9,13-14,17-21H2,1-5H3. The first-order valence-electron chi connectivity index (χ1n) is 12.2. The topological polar surface area (TPSA) is 55.8 Å². The number of carbonyl (C=O) groups excluding carboxylic acids is 2. The smallest absolute Gasteiger partial charge is 0.306 e. The SMILES string of the molecule is CN1C(C)(C)CC(OC(=O)CCCCCCCCC(=O)OCc2ccccc2)CC1(C)C. The van der Waals surface area contributed by atoms with Crippen LogP contribution in [0.5, 0.6) is 0 Å². The van der Waals surface area contributed by atoms with E-state index in [1.54, 1.807) is 0 Å². The first-order chi connectivity index (χ1) is 15.1. The molecule has 5 nitrogen and oxygen atoms in total. The van der Waals surface area contributed by atoms with Crippen molar-refractivity contribution in [3.63, 3.8) is 0 Å². The van der Waals surface area contributed by atoms with E-state index in [4.69, 9.17) is 9.47 Å². The normalized spacial score (nSPS) is 18.3. The van der Waals surface area contributed by atoms with Crippen molar-refractivity contribution < 1.29 is 19.1 Å². The number of esters is 2. The van der Waals surface area contributed by atoms with E-state index in [9.17, 15) is 9.59 Å². The number of piperidine rings is 1. The Morgan fingerprint density at radius 2 is 1.34 bits per heavy atom. The summed E-state index contributed by atoms with van der Waals surface area (Å²) in [6.45, 7) is 9.23. The summed E-state index contributed by atoms with van der Waals surface area (Å²) < 4.78 is 11.1. The first-order valence-corrected chi connectivity index (χ1v) is 12.2. The molecule has 0 saturated carbocycles. The van der Waals surface area contributed by atoms with Crippen molar-refractivity contribution in [2.75, 3.05) is 7.05 Å². The maximum absolute atomic E-state index is 12.3. The van der Waals surface area contributed by atoms with Gasteiger partial charge in [0, 0.05) is 36.8 Å². The maximum atomic E-state index is 12.3. The van der Waals surface area contributed by atoms with Crippen LogP contribution in [0.1, 0.15) is 97.5 Å². The molecule has 0 spiro atoms. The van der Waals surface area contributed by atoms with Crippen LogP contribution >= 0.6 is 0 Å². The number of hydrogen-bond donors (Lipinski definition) is 0. The molecule has 1 aliphatic rings. The van der Waals surface area contributed by atoms with Crippen molar-refractivity contribution in [2.45, 2.75) is 116 Å². The van der Waals surface area contributed by atoms with Gasteiger partial charge in [-0.25, -0.2) is 0 Å². The fourth-order valence-corrected chi connectivity index (χ4v) is 4.66. The van der Waals surface area contributed by atoms with Gasteiger partial charge in [-0.15, -0.1) is 0 Å². The number of ether oxygens (including phenoxy) is 2. The van der Waals surface area contributed by atoms with E-state index in [2.05, 4.69) is 39.6 Å². The van der Waals surface area contributed by atoms with Crippen LogP contribution in [0.3, 0.4) is 0 Å². The highest BCUT2D eigenvalue weighted by atomic mass is 16.5. The third-order valence-corrected chi connectivity index (χ3v) is 6.82. The molecule has 0 bridgehead atoms. The number of unbranched alkanes of at least 4 members (excludes halogenated alkanes) is 5. The number of rotatable bonds is 12. The molecule has 0 N–H and O–H groups in total. The lowest BCUT2D eigenvalue weighted by atomic mass is 9.79. The van der Waals surface area contributed by atoms with E-state index in [0.29, 0.717) is 19.4 Å². The fraction of sp³-hybridized carbons (Fsp3) is 0.704. The molecule has 0 radical (unpaired) electrons. The summed E-state index contributed by atoms with van der Waals surface area (Å²) in [7, 11) is 2.16. The number of benzene rings is 1. The van der Waals surface area contributed by atoms with Crippen LogP contribution in [0, 0.1) is 0 Å². The molecule has 2 rings (SSSR count). The van der Waals surface area contributed by atoms with Gasteiger partial charge in [-0.1, -0.05) is 56.0 Å². The van der Waals surface area contributed by atoms with Gasteiger partial charge in [0.15, 0.2) is 0 Å². The molecule has 1 aromatic carbocycles. The molecule has 0 aliphatic carbocycles. The largest absolute Gasteiger partial charge is 0.462 e. The van der Waals surface area contributed by atoms with Crippen molar-refractivity contribution in [1.29, 1.82) is 0 Å². The van der Waals surface area contributed by atoms with Crippen molar-refractivity contribution in [1.82, 2.24) is 4.90 Å². The molecule has 1 aromatic rings. The van der Waals surface area contributed by atoms with Crippen molar-refractivity contribution >= 4 is 11.9 Å². The summed E-state index contributed by atoms with van der Waals surface area (Å²) in [5.74, 6) is -0.191. The summed E-state index contributed by atoms with van der Waals surface area (Å²) in [6, 6.07) is 9.75. The highest BCUT2D eigenvalue weighted by molar-refractivity contribution is 5.69. The fourth-order valence-electron chi connectivity index (χ4n) is 4.66. The molecule has 1 aliphatic heterocycles. The lowest BCUT2D eigenvalue weighted by Crippen LogP contribution is -2.60. The van der Waals surface area contributed by atoms with E-state index in [0.717, 1.165) is 56.9 Å². The van der Waals surface area contributed by atoms with Gasteiger partial charge in [0.1, 0.15) is 12.7 Å². The van der Waals surface area contributed by atoms with Crippen molar-refractivity contribution in [2.24, 2.45) is 0 Å². The maximum Gasteiger partial charge on any atom is 0.306 e. The zero-order valence-electron chi connectivity index (χ0n) is 20.8. The van der Waals surface area contributed by atoms with Gasteiger partial charge < -0.3 is 9.47 Å². The van der Waals surface area contributed by atoms with Crippen LogP contribution in [0.4, 0.5) is 0 Å². The van der Waals surface area contributed by atoms with E-state index < -0.39 is 0 Å². The third kappa shape index (κ3) is 8.93. The monoisotopic (exact) mass is 445 g/mol. The first kappa shape index (κ1) is 26.4. The van der Waals surface area contributed by atoms with Crippen LogP contribution in [0.25, 0.3) is 0 Å². The van der Waals surface area contributed by atoms with Crippen molar-refractivity contribution in [3.05, 3.63) is 35.9 Å². The minimum absolute atomic E-state index is 0.00495. The molecule has 0 aromatic heterocycles.